The number of carbonyl (C=O) groups is 6. The monoisotopic (exact) mass is 1160 g/mol. The number of piperidine rings is 2. The highest BCUT2D eigenvalue weighted by Crippen LogP contribution is 2.43. The second-order valence-electron chi connectivity index (χ2n) is 23.5. The van der Waals surface area contributed by atoms with Crippen molar-refractivity contribution in [1.82, 2.24) is 35.1 Å². The largest absolute Gasteiger partial charge is 0.471 e. The molecular weight excluding hydrogens is 1090 g/mol. The molecule has 0 unspecified atom stereocenters. The van der Waals surface area contributed by atoms with Crippen LogP contribution in [0.2, 0.25) is 0 Å². The number of alkyl halides is 6. The van der Waals surface area contributed by atoms with Gasteiger partial charge in [0.05, 0.1) is 19.6 Å². The number of nitrogens with zero attached hydrogens (tertiary/aromatic N) is 8. The van der Waals surface area contributed by atoms with Gasteiger partial charge in [-0.2, -0.15) is 26.3 Å². The van der Waals surface area contributed by atoms with Gasteiger partial charge in [-0.25, -0.2) is 19.2 Å². The van der Waals surface area contributed by atoms with Crippen LogP contribution in [0.4, 0.5) is 56.9 Å². The molecule has 0 bridgehead atoms. The van der Waals surface area contributed by atoms with Gasteiger partial charge < -0.3 is 38.8 Å². The normalized spacial score (nSPS) is 16.6. The Bertz CT molecular complexity index is 3080. The first-order valence-electron chi connectivity index (χ1n) is 27.1. The Morgan fingerprint density at radius 1 is 0.554 bits per heavy atom. The number of carbonyl (C=O) groups excluding carboxylic acids is 6. The number of anilines is 2. The van der Waals surface area contributed by atoms with Crippen LogP contribution >= 0.6 is 0 Å². The van der Waals surface area contributed by atoms with Crippen molar-refractivity contribution >= 4 is 47.3 Å². The molecule has 0 atom stereocenters. The van der Waals surface area contributed by atoms with Gasteiger partial charge in [0.2, 0.25) is 5.89 Å². The number of likely N-dealkylation sites (tertiary alicyclic amines) is 4. The third kappa shape index (κ3) is 15.7. The third-order valence-corrected chi connectivity index (χ3v) is 14.7. The molecule has 1 N–H and O–H groups in total. The minimum absolute atomic E-state index is 0.00180. The summed E-state index contributed by atoms with van der Waals surface area (Å²) in [5.41, 5.74) is 2.28. The first-order valence-corrected chi connectivity index (χ1v) is 27.1. The summed E-state index contributed by atoms with van der Waals surface area (Å²) in [4.78, 5) is 85.9. The number of amides is 7. The van der Waals surface area contributed by atoms with Crippen LogP contribution in [0, 0.1) is 10.8 Å². The van der Waals surface area contributed by atoms with Crippen molar-refractivity contribution in [3.8, 4) is 11.5 Å². The number of halogens is 6. The summed E-state index contributed by atoms with van der Waals surface area (Å²) in [6, 6.07) is 31.0. The molecule has 0 aliphatic carbocycles. The fourth-order valence-corrected chi connectivity index (χ4v) is 10.2. The topological polar surface area (TPSA) is 191 Å². The van der Waals surface area contributed by atoms with Crippen molar-refractivity contribution in [1.29, 1.82) is 0 Å². The average molecular weight is 1160 g/mol. The van der Waals surface area contributed by atoms with E-state index >= 15 is 0 Å². The first kappa shape index (κ1) is 60.9. The van der Waals surface area contributed by atoms with Crippen LogP contribution in [0.15, 0.2) is 114 Å². The standard InChI is InChI=1S/C30H35F3N4O5.C29H32F3N5O4/c1-28(2,3)42-27(41)36-19-29(20-36)13-15-35(16-14-29)26(40)37(23-7-5-4-6-8-23)18-21-9-11-22(12-10-21)24(38)17-34-25(39)30(31,32)33;1-27(2,3)41-26(39)36-18-28(19-36)13-15-35(16-14-28)25(38)37(22-7-5-4-6-8-22)17-20-9-11-21(12-10-20)23-33-34-24(40-23)29(30,31)32/h4-12H,13-20H2,1-3H3,(H,34,39);4-12H,13-19H2,1-3H3. The van der Waals surface area contributed by atoms with E-state index in [4.69, 9.17) is 13.9 Å². The highest BCUT2D eigenvalue weighted by molar-refractivity contribution is 6.00. The predicted molar refractivity (Wildman–Crippen MR) is 293 cm³/mol. The smallest absolute Gasteiger partial charge is 0.444 e. The Hall–Kier alpha value is -8.18. The van der Waals surface area contributed by atoms with Crippen LogP contribution in [0.1, 0.15) is 94.6 Å². The predicted octanol–water partition coefficient (Wildman–Crippen LogP) is 11.2. The Morgan fingerprint density at radius 2 is 0.952 bits per heavy atom. The van der Waals surface area contributed by atoms with Crippen LogP contribution in [0.5, 0.6) is 0 Å². The Balaban J connectivity index is 0.000000217. The molecule has 1 aromatic heterocycles. The van der Waals surface area contributed by atoms with Crippen molar-refractivity contribution in [2.75, 3.05) is 68.7 Å². The SMILES string of the molecule is CC(C)(C)OC(=O)N1CC2(CCN(C(=O)N(Cc3ccc(-c4nnc(C(F)(F)F)o4)cc3)c3ccccc3)CC2)C1.CC(C)(C)OC(=O)N1CC2(CCN(C(=O)N(Cc3ccc(C(=O)CNC(=O)C(F)(F)F)cc3)c3ccccc3)CC2)C1. The van der Waals surface area contributed by atoms with E-state index in [9.17, 15) is 55.1 Å². The molecule has 9 rings (SSSR count). The number of hydrogen-bond acceptors (Lipinski definition) is 11. The minimum Gasteiger partial charge on any atom is -0.444 e. The van der Waals surface area contributed by atoms with Crippen LogP contribution in [0.25, 0.3) is 11.5 Å². The molecule has 4 aromatic carbocycles. The molecule has 7 amide bonds. The molecule has 2 spiro atoms. The van der Waals surface area contributed by atoms with Crippen LogP contribution in [-0.4, -0.2) is 142 Å². The number of hydrogen-bond donors (Lipinski definition) is 1. The number of aromatic nitrogens is 2. The summed E-state index contributed by atoms with van der Waals surface area (Å²) in [6.45, 7) is 15.4. The van der Waals surface area contributed by atoms with Crippen LogP contribution in [-0.2, 0) is 33.5 Å². The number of ether oxygens (including phenoxy) is 2. The van der Waals surface area contributed by atoms with Crippen molar-refractivity contribution in [2.24, 2.45) is 10.8 Å². The molecule has 4 saturated heterocycles. The average Bonchev–Trinajstić information content (AvgIpc) is 4.13. The number of urea groups is 2. The van der Waals surface area contributed by atoms with E-state index in [0.29, 0.717) is 69.2 Å². The quantitative estimate of drug-likeness (QED) is 0.103. The molecule has 18 nitrogen and oxygen atoms in total. The maximum Gasteiger partial charge on any atom is 0.471 e. The number of para-hydroxylation sites is 2. The van der Waals surface area contributed by atoms with E-state index < -0.39 is 47.7 Å². The van der Waals surface area contributed by atoms with Crippen molar-refractivity contribution in [3.05, 3.63) is 132 Å². The van der Waals surface area contributed by atoms with Gasteiger partial charge in [-0.1, -0.05) is 72.8 Å². The van der Waals surface area contributed by atoms with E-state index in [1.54, 1.807) is 66.2 Å². The van der Waals surface area contributed by atoms with E-state index in [1.807, 2.05) is 107 Å². The second-order valence-corrected chi connectivity index (χ2v) is 23.5. The van der Waals surface area contributed by atoms with Crippen LogP contribution in [0.3, 0.4) is 0 Å². The highest BCUT2D eigenvalue weighted by Gasteiger charge is 2.50. The van der Waals surface area contributed by atoms with Gasteiger partial charge >= 0.3 is 48.4 Å². The van der Waals surface area contributed by atoms with Gasteiger partial charge in [-0.3, -0.25) is 19.4 Å². The Labute approximate surface area is 476 Å². The van der Waals surface area contributed by atoms with Crippen LogP contribution < -0.4 is 15.1 Å². The van der Waals surface area contributed by atoms with Gasteiger partial charge in [0.15, 0.2) is 5.78 Å². The lowest BCUT2D eigenvalue weighted by Gasteiger charge is -2.53. The molecule has 83 heavy (non-hydrogen) atoms. The number of Topliss-reactive ketones (excluding diaryl/α,β-unsaturated/α-hetero) is 1. The van der Waals surface area contributed by atoms with Crippen molar-refractivity contribution in [2.45, 2.75) is 104 Å². The number of benzene rings is 4. The fraction of sp³-hybridized carbons (Fsp3) is 0.458. The van der Waals surface area contributed by atoms with Gasteiger partial charge in [0, 0.05) is 85.7 Å². The van der Waals surface area contributed by atoms with E-state index in [1.165, 1.54) is 12.1 Å². The second kappa shape index (κ2) is 24.3. The fourth-order valence-electron chi connectivity index (χ4n) is 10.2. The van der Waals surface area contributed by atoms with Crippen molar-refractivity contribution in [3.63, 3.8) is 0 Å². The molecule has 4 fully saturated rings. The summed E-state index contributed by atoms with van der Waals surface area (Å²) in [6.07, 6.45) is -7.29. The lowest BCUT2D eigenvalue weighted by Crippen LogP contribution is -2.63. The lowest BCUT2D eigenvalue weighted by atomic mass is 9.72. The Kier molecular flexibility index (Phi) is 17.9. The molecule has 0 saturated carbocycles. The van der Waals surface area contributed by atoms with Gasteiger partial charge in [-0.15, -0.1) is 10.2 Å². The van der Waals surface area contributed by atoms with Gasteiger partial charge in [0.25, 0.3) is 0 Å². The van der Waals surface area contributed by atoms with E-state index in [2.05, 4.69) is 10.2 Å². The molecule has 0 radical (unpaired) electrons. The molecule has 4 aliphatic heterocycles. The number of ketones is 1. The summed E-state index contributed by atoms with van der Waals surface area (Å²) in [7, 11) is 0. The molecule has 24 heteroatoms. The zero-order valence-corrected chi connectivity index (χ0v) is 47.0. The maximum atomic E-state index is 13.8. The van der Waals surface area contributed by atoms with Crippen molar-refractivity contribution < 1.29 is 69.0 Å². The molecule has 5 heterocycles. The zero-order valence-electron chi connectivity index (χ0n) is 47.0. The van der Waals surface area contributed by atoms with E-state index in [0.717, 1.165) is 36.9 Å². The highest BCUT2D eigenvalue weighted by atomic mass is 19.4. The Morgan fingerprint density at radius 3 is 1.31 bits per heavy atom. The van der Waals surface area contributed by atoms with Gasteiger partial charge in [0.1, 0.15) is 11.2 Å². The minimum atomic E-state index is -5.06. The number of rotatable bonds is 10. The summed E-state index contributed by atoms with van der Waals surface area (Å²) in [5.74, 6) is -4.48. The maximum absolute atomic E-state index is 13.8. The number of nitrogens with one attached hydrogen (secondary N) is 1. The van der Waals surface area contributed by atoms with Gasteiger partial charge in [-0.05, 0) is 115 Å². The lowest BCUT2D eigenvalue weighted by molar-refractivity contribution is -0.173. The first-order chi connectivity index (χ1) is 39.0. The van der Waals surface area contributed by atoms with E-state index in [-0.39, 0.29) is 59.6 Å². The summed E-state index contributed by atoms with van der Waals surface area (Å²) >= 11 is 0. The third-order valence-electron chi connectivity index (χ3n) is 14.7. The molecule has 4 aliphatic rings. The summed E-state index contributed by atoms with van der Waals surface area (Å²) < 4.78 is 91.4. The molecular formula is C59H67F6N9O9. The molecule has 5 aromatic rings. The molecule has 444 valence electrons. The zero-order chi connectivity index (χ0) is 60.1. The summed E-state index contributed by atoms with van der Waals surface area (Å²) in [5, 5.41) is 8.14.